The first-order valence-electron chi connectivity index (χ1n) is 10.7. The number of hydrogen-bond donors (Lipinski definition) is 1. The molecule has 1 aromatic heterocycles. The number of piperazine rings is 1. The van der Waals surface area contributed by atoms with Gasteiger partial charge in [0.25, 0.3) is 5.91 Å². The summed E-state index contributed by atoms with van der Waals surface area (Å²) >= 11 is 5.95. The van der Waals surface area contributed by atoms with Gasteiger partial charge in [0, 0.05) is 48.6 Å². The number of rotatable bonds is 7. The van der Waals surface area contributed by atoms with E-state index in [9.17, 15) is 9.59 Å². The number of esters is 1. The summed E-state index contributed by atoms with van der Waals surface area (Å²) in [4.78, 5) is 31.7. The highest BCUT2D eigenvalue weighted by molar-refractivity contribution is 6.30. The molecule has 1 aliphatic rings. The van der Waals surface area contributed by atoms with Crippen LogP contribution < -0.4 is 4.74 Å². The number of aromatic amines is 1. The van der Waals surface area contributed by atoms with E-state index in [0.717, 1.165) is 35.6 Å². The van der Waals surface area contributed by atoms with Gasteiger partial charge in [-0.1, -0.05) is 23.7 Å². The van der Waals surface area contributed by atoms with Gasteiger partial charge in [0.05, 0.1) is 6.61 Å². The molecule has 1 N–H and O–H groups in total. The first-order chi connectivity index (χ1) is 15.5. The Morgan fingerprint density at radius 1 is 1.03 bits per heavy atom. The van der Waals surface area contributed by atoms with Crippen molar-refractivity contribution < 1.29 is 19.1 Å². The van der Waals surface area contributed by atoms with Crippen molar-refractivity contribution in [1.29, 1.82) is 0 Å². The van der Waals surface area contributed by atoms with Crippen LogP contribution in [0.1, 0.15) is 23.0 Å². The molecule has 32 heavy (non-hydrogen) atoms. The number of carbonyl (C=O) groups is 2. The Bertz CT molecular complexity index is 1090. The minimum absolute atomic E-state index is 0.0160. The molecule has 2 aromatic carbocycles. The molecule has 1 aliphatic heterocycles. The SMILES string of the molecule is CCOC(=O)c1cc2cc(OCC(=O)N3CCN(Cc4ccc(Cl)cc4)CC3)ccc2[nH]1. The van der Waals surface area contributed by atoms with Gasteiger partial charge < -0.3 is 19.4 Å². The quantitative estimate of drug-likeness (QED) is 0.549. The molecule has 8 heteroatoms. The number of halogens is 1. The van der Waals surface area contributed by atoms with Crippen LogP contribution in [0.3, 0.4) is 0 Å². The van der Waals surface area contributed by atoms with E-state index in [-0.39, 0.29) is 12.5 Å². The van der Waals surface area contributed by atoms with Crippen molar-refractivity contribution >= 4 is 34.4 Å². The summed E-state index contributed by atoms with van der Waals surface area (Å²) in [5.41, 5.74) is 2.42. The standard InChI is InChI=1S/C24H26ClN3O4/c1-2-31-24(30)22-14-18-13-20(7-8-21(18)26-22)32-16-23(29)28-11-9-27(10-12-28)15-17-3-5-19(25)6-4-17/h3-8,13-14,26H,2,9-12,15-16H2,1H3. The molecule has 0 unspecified atom stereocenters. The van der Waals surface area contributed by atoms with Crippen molar-refractivity contribution in [1.82, 2.24) is 14.8 Å². The van der Waals surface area contributed by atoms with Crippen molar-refractivity contribution in [2.75, 3.05) is 39.4 Å². The lowest BCUT2D eigenvalue weighted by molar-refractivity contribution is -0.135. The molecule has 0 atom stereocenters. The Morgan fingerprint density at radius 3 is 2.50 bits per heavy atom. The molecule has 1 saturated heterocycles. The number of benzene rings is 2. The Hall–Kier alpha value is -3.03. The molecule has 4 rings (SSSR count). The first kappa shape index (κ1) is 22.2. The zero-order valence-corrected chi connectivity index (χ0v) is 18.7. The van der Waals surface area contributed by atoms with E-state index in [0.29, 0.717) is 31.1 Å². The molecule has 7 nitrogen and oxygen atoms in total. The average molecular weight is 456 g/mol. The summed E-state index contributed by atoms with van der Waals surface area (Å²) in [6.45, 7) is 5.91. The molecule has 1 amide bonds. The van der Waals surface area contributed by atoms with Crippen LogP contribution in [0, 0.1) is 0 Å². The molecule has 0 spiro atoms. The number of H-pyrrole nitrogens is 1. The molecule has 3 aromatic rings. The second-order valence-electron chi connectivity index (χ2n) is 7.72. The number of hydrogen-bond acceptors (Lipinski definition) is 5. The van der Waals surface area contributed by atoms with Gasteiger partial charge in [-0.25, -0.2) is 4.79 Å². The number of nitrogens with one attached hydrogen (secondary N) is 1. The fourth-order valence-corrected chi connectivity index (χ4v) is 3.89. The van der Waals surface area contributed by atoms with Crippen molar-refractivity contribution in [3.05, 3.63) is 64.8 Å². The summed E-state index contributed by atoms with van der Waals surface area (Å²) in [6.07, 6.45) is 0. The fraction of sp³-hybridized carbons (Fsp3) is 0.333. The molecular formula is C24H26ClN3O4. The Kier molecular flexibility index (Phi) is 6.97. The summed E-state index contributed by atoms with van der Waals surface area (Å²) in [7, 11) is 0. The van der Waals surface area contributed by atoms with Gasteiger partial charge in [0.1, 0.15) is 11.4 Å². The lowest BCUT2D eigenvalue weighted by atomic mass is 10.2. The highest BCUT2D eigenvalue weighted by atomic mass is 35.5. The normalized spacial score (nSPS) is 14.5. The maximum absolute atomic E-state index is 12.6. The Balaban J connectivity index is 1.27. The van der Waals surface area contributed by atoms with Crippen LogP contribution in [0.25, 0.3) is 10.9 Å². The van der Waals surface area contributed by atoms with E-state index in [1.165, 1.54) is 5.56 Å². The highest BCUT2D eigenvalue weighted by Crippen LogP contribution is 2.22. The largest absolute Gasteiger partial charge is 0.484 e. The smallest absolute Gasteiger partial charge is 0.354 e. The molecule has 0 bridgehead atoms. The number of carbonyl (C=O) groups excluding carboxylic acids is 2. The number of nitrogens with zero attached hydrogens (tertiary/aromatic N) is 2. The minimum Gasteiger partial charge on any atom is -0.484 e. The number of fused-ring (bicyclic) bond motifs is 1. The topological polar surface area (TPSA) is 74.9 Å². The van der Waals surface area contributed by atoms with Gasteiger partial charge >= 0.3 is 5.97 Å². The monoisotopic (exact) mass is 455 g/mol. The van der Waals surface area contributed by atoms with Gasteiger partial charge in [-0.05, 0) is 48.9 Å². The van der Waals surface area contributed by atoms with Gasteiger partial charge in [0.2, 0.25) is 0 Å². The zero-order valence-electron chi connectivity index (χ0n) is 18.0. The van der Waals surface area contributed by atoms with E-state index in [1.54, 1.807) is 19.1 Å². The van der Waals surface area contributed by atoms with Crippen molar-refractivity contribution in [3.63, 3.8) is 0 Å². The van der Waals surface area contributed by atoms with E-state index >= 15 is 0 Å². The van der Waals surface area contributed by atoms with Crippen LogP contribution in [-0.4, -0.2) is 66.1 Å². The zero-order chi connectivity index (χ0) is 22.5. The van der Waals surface area contributed by atoms with E-state index < -0.39 is 5.97 Å². The minimum atomic E-state index is -0.392. The third kappa shape index (κ3) is 5.41. The van der Waals surface area contributed by atoms with Gasteiger partial charge in [-0.15, -0.1) is 0 Å². The number of amides is 1. The van der Waals surface area contributed by atoms with Crippen LogP contribution in [0.4, 0.5) is 0 Å². The fourth-order valence-electron chi connectivity index (χ4n) is 3.76. The molecule has 1 fully saturated rings. The second kappa shape index (κ2) is 10.1. The van der Waals surface area contributed by atoms with Crippen LogP contribution in [-0.2, 0) is 16.1 Å². The predicted octanol–water partition coefficient (Wildman–Crippen LogP) is 3.72. The summed E-state index contributed by atoms with van der Waals surface area (Å²) in [5, 5.41) is 1.56. The second-order valence-corrected chi connectivity index (χ2v) is 8.16. The van der Waals surface area contributed by atoms with Crippen molar-refractivity contribution in [2.45, 2.75) is 13.5 Å². The van der Waals surface area contributed by atoms with Crippen molar-refractivity contribution in [3.8, 4) is 5.75 Å². The van der Waals surface area contributed by atoms with E-state index in [1.807, 2.05) is 41.3 Å². The Labute approximate surface area is 191 Å². The van der Waals surface area contributed by atoms with Gasteiger partial charge in [-0.3, -0.25) is 9.69 Å². The molecule has 0 radical (unpaired) electrons. The van der Waals surface area contributed by atoms with Crippen LogP contribution >= 0.6 is 11.6 Å². The van der Waals surface area contributed by atoms with Crippen LogP contribution in [0.2, 0.25) is 5.02 Å². The molecular weight excluding hydrogens is 430 g/mol. The molecule has 168 valence electrons. The maximum atomic E-state index is 12.6. The summed E-state index contributed by atoms with van der Waals surface area (Å²) < 4.78 is 10.8. The Morgan fingerprint density at radius 2 is 1.78 bits per heavy atom. The summed E-state index contributed by atoms with van der Waals surface area (Å²) in [5.74, 6) is 0.163. The molecule has 0 saturated carbocycles. The van der Waals surface area contributed by atoms with Gasteiger partial charge in [-0.2, -0.15) is 0 Å². The van der Waals surface area contributed by atoms with E-state index in [2.05, 4.69) is 9.88 Å². The average Bonchev–Trinajstić information content (AvgIpc) is 3.23. The third-order valence-corrected chi connectivity index (χ3v) is 5.75. The molecule has 0 aliphatic carbocycles. The number of aromatic nitrogens is 1. The van der Waals surface area contributed by atoms with Crippen LogP contribution in [0.15, 0.2) is 48.5 Å². The van der Waals surface area contributed by atoms with Crippen molar-refractivity contribution in [2.24, 2.45) is 0 Å². The predicted molar refractivity (Wildman–Crippen MR) is 123 cm³/mol. The summed E-state index contributed by atoms with van der Waals surface area (Å²) in [6, 6.07) is 15.0. The number of ether oxygens (including phenoxy) is 2. The third-order valence-electron chi connectivity index (χ3n) is 5.49. The van der Waals surface area contributed by atoms with Gasteiger partial charge in [0.15, 0.2) is 6.61 Å². The van der Waals surface area contributed by atoms with Crippen LogP contribution in [0.5, 0.6) is 5.75 Å². The first-order valence-corrected chi connectivity index (χ1v) is 11.1. The molecule has 2 heterocycles. The lowest BCUT2D eigenvalue weighted by Gasteiger charge is -2.34. The highest BCUT2D eigenvalue weighted by Gasteiger charge is 2.21. The lowest BCUT2D eigenvalue weighted by Crippen LogP contribution is -2.49. The van der Waals surface area contributed by atoms with E-state index in [4.69, 9.17) is 21.1 Å². The maximum Gasteiger partial charge on any atom is 0.354 e.